The fourth-order valence-electron chi connectivity index (χ4n) is 3.79. The van der Waals surface area contributed by atoms with Gasteiger partial charge in [0.25, 0.3) is 0 Å². The molecule has 6 heteroatoms. The van der Waals surface area contributed by atoms with Gasteiger partial charge in [0.2, 0.25) is 12.5 Å². The zero-order valence-electron chi connectivity index (χ0n) is 15.7. The number of hydrogen-bond acceptors (Lipinski definition) is 5. The average molecular weight is 357 g/mol. The molecule has 3 heterocycles. The summed E-state index contributed by atoms with van der Waals surface area (Å²) in [6.45, 7) is 7.70. The minimum absolute atomic E-state index is 0.267. The van der Waals surface area contributed by atoms with Crippen molar-refractivity contribution in [2.45, 2.75) is 45.1 Å². The minimum Gasteiger partial charge on any atom is -0.493 e. The first-order valence-electron chi connectivity index (χ1n) is 9.38. The third kappa shape index (κ3) is 3.38. The van der Waals surface area contributed by atoms with Gasteiger partial charge in [0.05, 0.1) is 12.8 Å². The van der Waals surface area contributed by atoms with E-state index in [0.717, 1.165) is 55.4 Å². The van der Waals surface area contributed by atoms with E-state index in [0.29, 0.717) is 11.8 Å². The second-order valence-corrected chi connectivity index (χ2v) is 7.49. The fraction of sp³-hybridized carbons (Fsp3) is 0.550. The van der Waals surface area contributed by atoms with Gasteiger partial charge in [-0.3, -0.25) is 10.00 Å². The Kier molecular flexibility index (Phi) is 4.76. The number of aromatic amines is 1. The number of nitrogens with one attached hydrogen (secondary N) is 1. The van der Waals surface area contributed by atoms with Crippen molar-refractivity contribution in [2.24, 2.45) is 0 Å². The highest BCUT2D eigenvalue weighted by atomic mass is 16.7. The van der Waals surface area contributed by atoms with E-state index in [1.54, 1.807) is 7.11 Å². The van der Waals surface area contributed by atoms with E-state index in [2.05, 4.69) is 47.1 Å². The molecule has 0 atom stereocenters. The summed E-state index contributed by atoms with van der Waals surface area (Å²) in [6.07, 6.45) is 2.31. The highest BCUT2D eigenvalue weighted by Gasteiger charge is 2.24. The molecule has 2 aliphatic rings. The molecule has 0 aliphatic carbocycles. The zero-order valence-corrected chi connectivity index (χ0v) is 15.7. The standard InChI is InChI=1S/C20H27N3O3/c1-13(2)16-10-17(22-21-16)15-4-6-23(7-5-15)11-14-8-18(24-3)20-19(9-14)25-12-26-20/h8-10,13,15H,4-7,11-12H2,1-3H3,(H,21,22). The fourth-order valence-corrected chi connectivity index (χ4v) is 3.79. The highest BCUT2D eigenvalue weighted by Crippen LogP contribution is 2.42. The number of likely N-dealkylation sites (tertiary alicyclic amines) is 1. The molecule has 6 nitrogen and oxygen atoms in total. The van der Waals surface area contributed by atoms with Crippen LogP contribution >= 0.6 is 0 Å². The van der Waals surface area contributed by atoms with Crippen LogP contribution in [-0.2, 0) is 6.54 Å². The van der Waals surface area contributed by atoms with Crippen LogP contribution in [0, 0.1) is 0 Å². The number of ether oxygens (including phenoxy) is 3. The van der Waals surface area contributed by atoms with Crippen LogP contribution in [0.5, 0.6) is 17.2 Å². The van der Waals surface area contributed by atoms with Crippen LogP contribution in [0.4, 0.5) is 0 Å². The number of methoxy groups -OCH3 is 1. The van der Waals surface area contributed by atoms with Gasteiger partial charge in [0.15, 0.2) is 11.5 Å². The van der Waals surface area contributed by atoms with Crippen molar-refractivity contribution in [1.29, 1.82) is 0 Å². The van der Waals surface area contributed by atoms with Crippen molar-refractivity contribution in [3.05, 3.63) is 35.2 Å². The summed E-state index contributed by atoms with van der Waals surface area (Å²) < 4.78 is 16.5. The predicted octanol–water partition coefficient (Wildman–Crippen LogP) is 3.65. The Balaban J connectivity index is 1.38. The smallest absolute Gasteiger partial charge is 0.231 e. The molecule has 1 aromatic carbocycles. The molecule has 1 fully saturated rings. The van der Waals surface area contributed by atoms with Crippen LogP contribution in [0.1, 0.15) is 55.5 Å². The van der Waals surface area contributed by atoms with E-state index >= 15 is 0 Å². The van der Waals surface area contributed by atoms with Gasteiger partial charge in [-0.15, -0.1) is 0 Å². The number of nitrogens with zero attached hydrogens (tertiary/aromatic N) is 2. The van der Waals surface area contributed by atoms with E-state index in [1.807, 2.05) is 0 Å². The second kappa shape index (κ2) is 7.19. The van der Waals surface area contributed by atoms with Crippen LogP contribution < -0.4 is 14.2 Å². The van der Waals surface area contributed by atoms with Gasteiger partial charge in [-0.2, -0.15) is 5.10 Å². The molecular weight excluding hydrogens is 330 g/mol. The molecule has 0 saturated carbocycles. The maximum absolute atomic E-state index is 5.54. The molecule has 0 spiro atoms. The third-order valence-corrected chi connectivity index (χ3v) is 5.36. The second-order valence-electron chi connectivity index (χ2n) is 7.49. The molecule has 4 rings (SSSR count). The summed E-state index contributed by atoms with van der Waals surface area (Å²) in [5.41, 5.74) is 3.65. The quantitative estimate of drug-likeness (QED) is 0.885. The predicted molar refractivity (Wildman–Crippen MR) is 99.0 cm³/mol. The van der Waals surface area contributed by atoms with E-state index in [-0.39, 0.29) is 6.79 Å². The van der Waals surface area contributed by atoms with Gasteiger partial charge < -0.3 is 14.2 Å². The summed E-state index contributed by atoms with van der Waals surface area (Å²) in [6, 6.07) is 6.37. The van der Waals surface area contributed by atoms with Gasteiger partial charge in [-0.05, 0) is 55.6 Å². The van der Waals surface area contributed by atoms with Gasteiger partial charge in [-0.25, -0.2) is 0 Å². The number of aromatic nitrogens is 2. The molecule has 0 bridgehead atoms. The molecule has 0 radical (unpaired) electrons. The summed E-state index contributed by atoms with van der Waals surface area (Å²) >= 11 is 0. The Morgan fingerprint density at radius 2 is 2.04 bits per heavy atom. The van der Waals surface area contributed by atoms with Gasteiger partial charge in [0.1, 0.15) is 0 Å². The molecule has 1 aromatic heterocycles. The molecule has 0 unspecified atom stereocenters. The number of fused-ring (bicyclic) bond motifs is 1. The molecular formula is C20H27N3O3. The molecule has 2 aromatic rings. The first kappa shape index (κ1) is 17.2. The maximum Gasteiger partial charge on any atom is 0.231 e. The Bertz CT molecular complexity index is 764. The Morgan fingerprint density at radius 1 is 1.23 bits per heavy atom. The van der Waals surface area contributed by atoms with Crippen molar-refractivity contribution in [1.82, 2.24) is 15.1 Å². The van der Waals surface area contributed by atoms with Gasteiger partial charge in [0, 0.05) is 18.2 Å². The molecule has 1 N–H and O–H groups in total. The van der Waals surface area contributed by atoms with Gasteiger partial charge in [-0.1, -0.05) is 13.8 Å². The first-order valence-corrected chi connectivity index (χ1v) is 9.38. The Labute approximate surface area is 154 Å². The van der Waals surface area contributed by atoms with Crippen molar-refractivity contribution < 1.29 is 14.2 Å². The largest absolute Gasteiger partial charge is 0.493 e. The Hall–Kier alpha value is -2.21. The van der Waals surface area contributed by atoms with E-state index in [4.69, 9.17) is 14.2 Å². The van der Waals surface area contributed by atoms with E-state index in [9.17, 15) is 0 Å². The molecule has 1 saturated heterocycles. The number of H-pyrrole nitrogens is 1. The summed E-state index contributed by atoms with van der Waals surface area (Å²) in [5, 5.41) is 7.70. The number of rotatable bonds is 5. The normalized spacial score (nSPS) is 17.8. The first-order chi connectivity index (χ1) is 12.6. The minimum atomic E-state index is 0.267. The highest BCUT2D eigenvalue weighted by molar-refractivity contribution is 5.55. The van der Waals surface area contributed by atoms with Crippen LogP contribution in [0.25, 0.3) is 0 Å². The lowest BCUT2D eigenvalue weighted by atomic mass is 9.92. The van der Waals surface area contributed by atoms with Crippen molar-refractivity contribution in [3.8, 4) is 17.2 Å². The zero-order chi connectivity index (χ0) is 18.1. The van der Waals surface area contributed by atoms with Crippen LogP contribution in [0.2, 0.25) is 0 Å². The summed E-state index contributed by atoms with van der Waals surface area (Å²) in [7, 11) is 1.67. The number of benzene rings is 1. The lowest BCUT2D eigenvalue weighted by Gasteiger charge is -2.31. The molecule has 26 heavy (non-hydrogen) atoms. The van der Waals surface area contributed by atoms with Crippen molar-refractivity contribution >= 4 is 0 Å². The third-order valence-electron chi connectivity index (χ3n) is 5.36. The monoisotopic (exact) mass is 357 g/mol. The van der Waals surface area contributed by atoms with E-state index in [1.165, 1.54) is 11.3 Å². The SMILES string of the molecule is COc1cc(CN2CCC(c3cc(C(C)C)n[nH]3)CC2)cc2c1OCO2. The Morgan fingerprint density at radius 3 is 2.73 bits per heavy atom. The van der Waals surface area contributed by atoms with E-state index < -0.39 is 0 Å². The van der Waals surface area contributed by atoms with Gasteiger partial charge >= 0.3 is 0 Å². The van der Waals surface area contributed by atoms with Crippen LogP contribution in [0.3, 0.4) is 0 Å². The number of piperidine rings is 1. The lowest BCUT2D eigenvalue weighted by molar-refractivity contribution is 0.171. The van der Waals surface area contributed by atoms with Crippen molar-refractivity contribution in [2.75, 3.05) is 27.0 Å². The van der Waals surface area contributed by atoms with Crippen LogP contribution in [0.15, 0.2) is 18.2 Å². The lowest BCUT2D eigenvalue weighted by Crippen LogP contribution is -2.32. The molecule has 140 valence electrons. The summed E-state index contributed by atoms with van der Waals surface area (Å²) in [5.74, 6) is 3.31. The van der Waals surface area contributed by atoms with Crippen LogP contribution in [-0.4, -0.2) is 42.1 Å². The maximum atomic E-state index is 5.54. The molecule has 2 aliphatic heterocycles. The summed E-state index contributed by atoms with van der Waals surface area (Å²) in [4.78, 5) is 2.49. The molecule has 0 amide bonds. The number of hydrogen-bond donors (Lipinski definition) is 1. The topological polar surface area (TPSA) is 59.6 Å². The van der Waals surface area contributed by atoms with Crippen molar-refractivity contribution in [3.63, 3.8) is 0 Å². The average Bonchev–Trinajstić information content (AvgIpc) is 3.31.